The molecule has 0 bridgehead atoms. The molecule has 4 rings (SSSR count). The van der Waals surface area contributed by atoms with Gasteiger partial charge in [-0.2, -0.15) is 4.31 Å². The first-order chi connectivity index (χ1) is 16.4. The monoisotopic (exact) mass is 489 g/mol. The number of imidazole rings is 1. The molecular weight excluding hydrogens is 450 g/mol. The third-order valence-corrected chi connectivity index (χ3v) is 9.04. The lowest BCUT2D eigenvalue weighted by atomic mass is 10.2. The summed E-state index contributed by atoms with van der Waals surface area (Å²) < 4.78 is 29.6. The first-order valence-electron chi connectivity index (χ1n) is 12.9. The minimum atomic E-state index is -3.49. The van der Waals surface area contributed by atoms with E-state index in [0.29, 0.717) is 42.9 Å². The predicted octanol–water partition coefficient (Wildman–Crippen LogP) is 3.06. The number of likely N-dealkylation sites (tertiary alicyclic amines) is 1. The average molecular weight is 490 g/mol. The molecule has 0 spiro atoms. The van der Waals surface area contributed by atoms with E-state index in [9.17, 15) is 13.2 Å². The molecule has 0 unspecified atom stereocenters. The topological polar surface area (TPSA) is 87.5 Å². The van der Waals surface area contributed by atoms with Crippen LogP contribution in [0.25, 0.3) is 11.0 Å². The van der Waals surface area contributed by atoms with Gasteiger partial charge in [0.05, 0.1) is 15.9 Å². The van der Waals surface area contributed by atoms with Crippen LogP contribution in [0.4, 0.5) is 0 Å². The summed E-state index contributed by atoms with van der Waals surface area (Å²) >= 11 is 0. The molecule has 1 aromatic heterocycles. The van der Waals surface area contributed by atoms with E-state index in [-0.39, 0.29) is 5.91 Å². The Morgan fingerprint density at radius 1 is 1.00 bits per heavy atom. The summed E-state index contributed by atoms with van der Waals surface area (Å²) in [4.78, 5) is 19.8. The van der Waals surface area contributed by atoms with Gasteiger partial charge in [-0.15, -0.1) is 0 Å². The lowest BCUT2D eigenvalue weighted by Gasteiger charge is -2.25. The van der Waals surface area contributed by atoms with Gasteiger partial charge in [-0.1, -0.05) is 19.3 Å². The van der Waals surface area contributed by atoms with Crippen molar-refractivity contribution < 1.29 is 13.2 Å². The summed E-state index contributed by atoms with van der Waals surface area (Å²) in [6.45, 7) is 5.29. The maximum atomic E-state index is 13.0. The lowest BCUT2D eigenvalue weighted by Crippen LogP contribution is -2.35. The first kappa shape index (κ1) is 25.1. The number of aromatic nitrogens is 2. The van der Waals surface area contributed by atoms with Crippen LogP contribution in [-0.4, -0.2) is 72.3 Å². The Bertz CT molecular complexity index is 1070. The first-order valence-corrected chi connectivity index (χ1v) is 14.3. The maximum Gasteiger partial charge on any atom is 0.243 e. The normalized spacial score (nSPS) is 18.7. The van der Waals surface area contributed by atoms with Gasteiger partial charge in [0.1, 0.15) is 5.82 Å². The number of rotatable bonds is 9. The SMILES string of the molecule is Cn1c(CCC(=O)NCCCN2CCCCCC2)nc2cc(S(=O)(=O)N3CCCCC3)ccc21. The van der Waals surface area contributed by atoms with Gasteiger partial charge in [0.15, 0.2) is 0 Å². The van der Waals surface area contributed by atoms with Crippen molar-refractivity contribution in [3.8, 4) is 0 Å². The number of fused-ring (bicyclic) bond motifs is 1. The van der Waals surface area contributed by atoms with Crippen LogP contribution in [0.3, 0.4) is 0 Å². The van der Waals surface area contributed by atoms with Crippen LogP contribution in [0.15, 0.2) is 23.1 Å². The molecular formula is C25H39N5O3S. The zero-order valence-electron chi connectivity index (χ0n) is 20.5. The third kappa shape index (κ3) is 6.17. The third-order valence-electron chi connectivity index (χ3n) is 7.15. The van der Waals surface area contributed by atoms with E-state index in [4.69, 9.17) is 0 Å². The number of nitrogens with one attached hydrogen (secondary N) is 1. The molecule has 1 aromatic carbocycles. The van der Waals surface area contributed by atoms with Gasteiger partial charge in [0.25, 0.3) is 0 Å². The molecule has 34 heavy (non-hydrogen) atoms. The van der Waals surface area contributed by atoms with Gasteiger partial charge in [-0.3, -0.25) is 4.79 Å². The van der Waals surface area contributed by atoms with E-state index in [1.807, 2.05) is 17.7 Å². The number of sulfonamides is 1. The van der Waals surface area contributed by atoms with E-state index in [1.165, 1.54) is 38.8 Å². The van der Waals surface area contributed by atoms with Crippen molar-refractivity contribution in [1.82, 2.24) is 24.1 Å². The highest BCUT2D eigenvalue weighted by Gasteiger charge is 2.26. The summed E-state index contributed by atoms with van der Waals surface area (Å²) in [5.41, 5.74) is 1.54. The number of piperidine rings is 1. The summed E-state index contributed by atoms with van der Waals surface area (Å²) in [5, 5.41) is 3.04. The Kier molecular flexibility index (Phi) is 8.60. The molecule has 9 heteroatoms. The van der Waals surface area contributed by atoms with Crippen LogP contribution in [0.1, 0.15) is 63.6 Å². The number of amides is 1. The maximum absolute atomic E-state index is 13.0. The van der Waals surface area contributed by atoms with Crippen LogP contribution in [-0.2, 0) is 28.3 Å². The Morgan fingerprint density at radius 3 is 2.41 bits per heavy atom. The van der Waals surface area contributed by atoms with Crippen molar-refractivity contribution in [3.63, 3.8) is 0 Å². The molecule has 0 saturated carbocycles. The van der Waals surface area contributed by atoms with Gasteiger partial charge in [-0.05, 0) is 69.9 Å². The van der Waals surface area contributed by atoms with Crippen molar-refractivity contribution in [2.75, 3.05) is 39.3 Å². The summed E-state index contributed by atoms with van der Waals surface area (Å²) in [5.74, 6) is 0.832. The fourth-order valence-electron chi connectivity index (χ4n) is 5.07. The average Bonchev–Trinajstić information content (AvgIpc) is 3.00. The number of benzene rings is 1. The van der Waals surface area contributed by atoms with Gasteiger partial charge < -0.3 is 14.8 Å². The second-order valence-electron chi connectivity index (χ2n) is 9.66. The summed E-state index contributed by atoms with van der Waals surface area (Å²) in [6.07, 6.45) is 10.0. The molecule has 2 aliphatic heterocycles. The molecule has 2 aliphatic rings. The molecule has 1 amide bonds. The molecule has 8 nitrogen and oxygen atoms in total. The smallest absolute Gasteiger partial charge is 0.243 e. The van der Waals surface area contributed by atoms with Gasteiger partial charge in [0.2, 0.25) is 15.9 Å². The van der Waals surface area contributed by atoms with Crippen molar-refractivity contribution >= 4 is 27.0 Å². The number of hydrogen-bond donors (Lipinski definition) is 1. The van der Waals surface area contributed by atoms with E-state index < -0.39 is 10.0 Å². The number of hydrogen-bond acceptors (Lipinski definition) is 5. The van der Waals surface area contributed by atoms with Crippen LogP contribution < -0.4 is 5.32 Å². The van der Waals surface area contributed by atoms with Gasteiger partial charge in [0, 0.05) is 39.5 Å². The van der Waals surface area contributed by atoms with Crippen molar-refractivity contribution in [1.29, 1.82) is 0 Å². The number of carbonyl (C=O) groups is 1. The number of carbonyl (C=O) groups excluding carboxylic acids is 1. The largest absolute Gasteiger partial charge is 0.356 e. The molecule has 0 aliphatic carbocycles. The van der Waals surface area contributed by atoms with Gasteiger partial charge >= 0.3 is 0 Å². The zero-order valence-corrected chi connectivity index (χ0v) is 21.3. The van der Waals surface area contributed by atoms with Crippen LogP contribution >= 0.6 is 0 Å². The Morgan fingerprint density at radius 2 is 1.68 bits per heavy atom. The second-order valence-corrected chi connectivity index (χ2v) is 11.6. The van der Waals surface area contributed by atoms with E-state index in [2.05, 4.69) is 15.2 Å². The minimum Gasteiger partial charge on any atom is -0.356 e. The Balaban J connectivity index is 1.29. The summed E-state index contributed by atoms with van der Waals surface area (Å²) in [6, 6.07) is 5.17. The van der Waals surface area contributed by atoms with Crippen LogP contribution in [0, 0.1) is 0 Å². The van der Waals surface area contributed by atoms with Crippen molar-refractivity contribution in [2.45, 2.75) is 69.1 Å². The van der Waals surface area contributed by atoms with E-state index in [0.717, 1.165) is 43.6 Å². The number of nitrogens with zero attached hydrogens (tertiary/aromatic N) is 4. The Labute approximate surface area is 203 Å². The molecule has 2 saturated heterocycles. The molecule has 0 radical (unpaired) electrons. The molecule has 2 fully saturated rings. The number of aryl methyl sites for hydroxylation is 2. The molecule has 3 heterocycles. The fraction of sp³-hybridized carbons (Fsp3) is 0.680. The zero-order chi connectivity index (χ0) is 24.0. The quantitative estimate of drug-likeness (QED) is 0.547. The highest BCUT2D eigenvalue weighted by atomic mass is 32.2. The lowest BCUT2D eigenvalue weighted by molar-refractivity contribution is -0.121. The van der Waals surface area contributed by atoms with Crippen molar-refractivity contribution in [2.24, 2.45) is 7.05 Å². The molecule has 0 atom stereocenters. The highest BCUT2D eigenvalue weighted by molar-refractivity contribution is 7.89. The van der Waals surface area contributed by atoms with E-state index in [1.54, 1.807) is 16.4 Å². The molecule has 2 aromatic rings. The molecule has 1 N–H and O–H groups in total. The van der Waals surface area contributed by atoms with Crippen LogP contribution in [0.2, 0.25) is 0 Å². The highest BCUT2D eigenvalue weighted by Crippen LogP contribution is 2.25. The molecule has 188 valence electrons. The standard InChI is InChI=1S/C25H39N5O3S/c1-28-23-11-10-21(34(32,33)30-18-7-4-8-19-30)20-22(23)27-24(28)12-13-25(31)26-14-9-17-29-15-5-2-3-6-16-29/h10-11,20H,2-9,12-19H2,1H3,(H,26,31). The second kappa shape index (κ2) is 11.6. The van der Waals surface area contributed by atoms with Crippen molar-refractivity contribution in [3.05, 3.63) is 24.0 Å². The fourth-order valence-corrected chi connectivity index (χ4v) is 6.61. The minimum absolute atomic E-state index is 0.0382. The predicted molar refractivity (Wildman–Crippen MR) is 134 cm³/mol. The summed E-state index contributed by atoms with van der Waals surface area (Å²) in [7, 11) is -1.57. The van der Waals surface area contributed by atoms with Crippen LogP contribution in [0.5, 0.6) is 0 Å². The van der Waals surface area contributed by atoms with E-state index >= 15 is 0 Å². The van der Waals surface area contributed by atoms with Gasteiger partial charge in [-0.25, -0.2) is 13.4 Å². The Hall–Kier alpha value is -1.97.